The molecule has 166 valence electrons. The largest absolute Gasteiger partial charge is 0.497 e. The summed E-state index contributed by atoms with van der Waals surface area (Å²) < 4.78 is 32.2. The Morgan fingerprint density at radius 3 is 2.48 bits per heavy atom. The van der Waals surface area contributed by atoms with Crippen molar-refractivity contribution in [3.8, 4) is 5.75 Å². The third kappa shape index (κ3) is 4.93. The number of amides is 2. The fraction of sp³-hybridized carbons (Fsp3) is 0.364. The number of carbonyl (C=O) groups excluding carboxylic acids is 2. The highest BCUT2D eigenvalue weighted by molar-refractivity contribution is 9.10. The molecule has 0 aliphatic carbocycles. The molecule has 0 unspecified atom stereocenters. The first-order chi connectivity index (χ1) is 14.7. The summed E-state index contributed by atoms with van der Waals surface area (Å²) in [6.07, 6.45) is 0.718. The average molecular weight is 509 g/mol. The fourth-order valence-electron chi connectivity index (χ4n) is 3.60. The third-order valence-electron chi connectivity index (χ3n) is 5.35. The normalized spacial score (nSPS) is 13.1. The number of sulfone groups is 1. The lowest BCUT2D eigenvalue weighted by Gasteiger charge is -2.21. The summed E-state index contributed by atoms with van der Waals surface area (Å²) in [5, 5.41) is 0. The zero-order valence-corrected chi connectivity index (χ0v) is 20.1. The number of rotatable bonds is 7. The highest BCUT2D eigenvalue weighted by Gasteiger charge is 2.32. The van der Waals surface area contributed by atoms with Gasteiger partial charge in [-0.2, -0.15) is 0 Å². The number of nitrogens with zero attached hydrogens (tertiary/aromatic N) is 2. The maximum atomic E-state index is 13.2. The lowest BCUT2D eigenvalue weighted by Crippen LogP contribution is -2.30. The number of ether oxygens (including phenoxy) is 1. The summed E-state index contributed by atoms with van der Waals surface area (Å²) in [4.78, 5) is 28.1. The number of halogens is 1. The van der Waals surface area contributed by atoms with E-state index < -0.39 is 9.84 Å². The highest BCUT2D eigenvalue weighted by atomic mass is 79.9. The Labute approximate surface area is 191 Å². The number of hydrogen-bond acceptors (Lipinski definition) is 5. The van der Waals surface area contributed by atoms with Crippen molar-refractivity contribution in [1.82, 2.24) is 0 Å². The van der Waals surface area contributed by atoms with Crippen LogP contribution in [-0.2, 0) is 25.8 Å². The Hall–Kier alpha value is -2.39. The summed E-state index contributed by atoms with van der Waals surface area (Å²) in [6, 6.07) is 10.3. The third-order valence-corrected chi connectivity index (χ3v) is 7.53. The van der Waals surface area contributed by atoms with Crippen LogP contribution in [0.1, 0.15) is 25.3 Å². The maximum Gasteiger partial charge on any atom is 0.227 e. The molecule has 2 aromatic rings. The number of fused-ring (bicyclic) bond motifs is 1. The van der Waals surface area contributed by atoms with E-state index >= 15 is 0 Å². The first kappa shape index (κ1) is 23.3. The quantitative estimate of drug-likeness (QED) is 0.570. The van der Waals surface area contributed by atoms with E-state index in [0.717, 1.165) is 5.56 Å². The molecular formula is C22H25BrN2O5S. The molecule has 1 aliphatic heterocycles. The molecule has 0 aromatic heterocycles. The van der Waals surface area contributed by atoms with Gasteiger partial charge in [-0.15, -0.1) is 0 Å². The van der Waals surface area contributed by atoms with Gasteiger partial charge in [-0.25, -0.2) is 8.42 Å². The molecule has 0 N–H and O–H groups in total. The van der Waals surface area contributed by atoms with E-state index in [1.54, 1.807) is 50.2 Å². The van der Waals surface area contributed by atoms with Crippen molar-refractivity contribution in [1.29, 1.82) is 0 Å². The summed E-state index contributed by atoms with van der Waals surface area (Å²) in [7, 11) is -0.631. The van der Waals surface area contributed by atoms with Gasteiger partial charge in [0, 0.05) is 36.6 Å². The van der Waals surface area contributed by atoms with E-state index in [0.29, 0.717) is 41.0 Å². The Bertz CT molecular complexity index is 1100. The Kier molecular flexibility index (Phi) is 7.06. The molecule has 2 amide bonds. The minimum atomic E-state index is -3.80. The maximum absolute atomic E-state index is 13.2. The van der Waals surface area contributed by atoms with Crippen LogP contribution in [0, 0.1) is 0 Å². The van der Waals surface area contributed by atoms with Crippen LogP contribution in [-0.4, -0.2) is 46.7 Å². The van der Waals surface area contributed by atoms with Gasteiger partial charge < -0.3 is 14.5 Å². The van der Waals surface area contributed by atoms with Crippen LogP contribution < -0.4 is 14.5 Å². The van der Waals surface area contributed by atoms with Crippen LogP contribution in [0.2, 0.25) is 0 Å². The minimum Gasteiger partial charge on any atom is -0.497 e. The van der Waals surface area contributed by atoms with Crippen molar-refractivity contribution in [2.45, 2.75) is 31.1 Å². The van der Waals surface area contributed by atoms with Crippen molar-refractivity contribution in [2.24, 2.45) is 0 Å². The van der Waals surface area contributed by atoms with Crippen molar-refractivity contribution < 1.29 is 22.7 Å². The lowest BCUT2D eigenvalue weighted by atomic mass is 10.2. The van der Waals surface area contributed by atoms with Gasteiger partial charge in [-0.1, -0.05) is 22.9 Å². The van der Waals surface area contributed by atoms with E-state index in [1.807, 2.05) is 6.07 Å². The predicted octanol–water partition coefficient (Wildman–Crippen LogP) is 3.58. The van der Waals surface area contributed by atoms with Crippen LogP contribution in [0.3, 0.4) is 0 Å². The molecule has 2 aromatic carbocycles. The lowest BCUT2D eigenvalue weighted by molar-refractivity contribution is -0.118. The van der Waals surface area contributed by atoms with Gasteiger partial charge in [0.1, 0.15) is 5.75 Å². The number of methoxy groups -OCH3 is 1. The summed E-state index contributed by atoms with van der Waals surface area (Å²) in [5.74, 6) is -0.111. The van der Waals surface area contributed by atoms with Crippen molar-refractivity contribution in [2.75, 3.05) is 36.3 Å². The van der Waals surface area contributed by atoms with Gasteiger partial charge in [-0.3, -0.25) is 9.59 Å². The van der Waals surface area contributed by atoms with Gasteiger partial charge in [0.25, 0.3) is 0 Å². The zero-order chi connectivity index (χ0) is 22.8. The smallest absolute Gasteiger partial charge is 0.227 e. The average Bonchev–Trinajstić information content (AvgIpc) is 3.19. The Morgan fingerprint density at radius 2 is 1.87 bits per heavy atom. The van der Waals surface area contributed by atoms with Gasteiger partial charge >= 0.3 is 0 Å². The first-order valence-corrected chi connectivity index (χ1v) is 12.4. The van der Waals surface area contributed by atoms with Crippen LogP contribution in [0.5, 0.6) is 5.75 Å². The molecule has 0 saturated heterocycles. The van der Waals surface area contributed by atoms with Crippen LogP contribution in [0.25, 0.3) is 0 Å². The fourth-order valence-corrected chi connectivity index (χ4v) is 5.76. The summed E-state index contributed by atoms with van der Waals surface area (Å²) in [6.45, 7) is 2.21. The predicted molar refractivity (Wildman–Crippen MR) is 124 cm³/mol. The monoisotopic (exact) mass is 508 g/mol. The molecular weight excluding hydrogens is 484 g/mol. The van der Waals surface area contributed by atoms with Gasteiger partial charge in [0.2, 0.25) is 11.8 Å². The second-order valence-electron chi connectivity index (χ2n) is 7.28. The van der Waals surface area contributed by atoms with Crippen LogP contribution >= 0.6 is 15.9 Å². The van der Waals surface area contributed by atoms with Gasteiger partial charge in [-0.05, 0) is 48.4 Å². The van der Waals surface area contributed by atoms with Crippen LogP contribution in [0.4, 0.5) is 11.4 Å². The molecule has 0 bridgehead atoms. The van der Waals surface area contributed by atoms with E-state index in [2.05, 4.69) is 15.9 Å². The first-order valence-electron chi connectivity index (χ1n) is 9.94. The molecule has 0 atom stereocenters. The molecule has 1 heterocycles. The molecule has 3 rings (SSSR count). The zero-order valence-electron chi connectivity index (χ0n) is 17.7. The Balaban J connectivity index is 1.81. The number of benzene rings is 2. The molecule has 1 aliphatic rings. The minimum absolute atomic E-state index is 0.0936. The molecule has 0 spiro atoms. The molecule has 7 nitrogen and oxygen atoms in total. The Morgan fingerprint density at radius 1 is 1.19 bits per heavy atom. The topological polar surface area (TPSA) is 84.0 Å². The number of hydrogen-bond donors (Lipinski definition) is 0. The SMILES string of the molecule is CCC(=O)N1CCc2cc(Br)cc(S(=O)(=O)CCC(=O)N(C)c3ccc(OC)cc3)c21. The van der Waals surface area contributed by atoms with Crippen molar-refractivity contribution in [3.05, 3.63) is 46.4 Å². The second kappa shape index (κ2) is 9.40. The van der Waals surface area contributed by atoms with Crippen LogP contribution in [0.15, 0.2) is 45.8 Å². The highest BCUT2D eigenvalue weighted by Crippen LogP contribution is 2.38. The van der Waals surface area contributed by atoms with Gasteiger partial charge in [0.05, 0.1) is 23.4 Å². The molecule has 31 heavy (non-hydrogen) atoms. The van der Waals surface area contributed by atoms with Crippen molar-refractivity contribution >= 4 is 49.0 Å². The number of anilines is 2. The van der Waals surface area contributed by atoms with E-state index in [4.69, 9.17) is 4.74 Å². The van der Waals surface area contributed by atoms with Crippen molar-refractivity contribution in [3.63, 3.8) is 0 Å². The number of carbonyl (C=O) groups is 2. The molecule has 0 saturated carbocycles. The molecule has 9 heteroatoms. The standard InChI is InChI=1S/C22H25BrN2O5S/c1-4-20(26)25-11-9-15-13-16(23)14-19(22(15)25)31(28,29)12-10-21(27)24(2)17-5-7-18(30-3)8-6-17/h5-8,13-14H,4,9-12H2,1-3H3. The second-order valence-corrected chi connectivity index (χ2v) is 10.3. The molecule has 0 radical (unpaired) electrons. The summed E-state index contributed by atoms with van der Waals surface area (Å²) >= 11 is 3.37. The molecule has 0 fully saturated rings. The van der Waals surface area contributed by atoms with E-state index in [-0.39, 0.29) is 28.9 Å². The van der Waals surface area contributed by atoms with E-state index in [1.165, 1.54) is 11.0 Å². The van der Waals surface area contributed by atoms with Gasteiger partial charge in [0.15, 0.2) is 9.84 Å². The summed E-state index contributed by atoms with van der Waals surface area (Å²) in [5.41, 5.74) is 1.91. The van der Waals surface area contributed by atoms with E-state index in [9.17, 15) is 18.0 Å².